The van der Waals surface area contributed by atoms with Crippen molar-refractivity contribution in [3.05, 3.63) is 53.1 Å². The molecule has 0 saturated heterocycles. The zero-order chi connectivity index (χ0) is 17.8. The Morgan fingerprint density at radius 3 is 2.48 bits per heavy atom. The number of hydrogen-bond donors (Lipinski definition) is 2. The Morgan fingerprint density at radius 1 is 1.16 bits per heavy atom. The van der Waals surface area contributed by atoms with E-state index < -0.39 is 5.97 Å². The molecule has 0 bridgehead atoms. The number of aromatic carboxylic acids is 1. The third kappa shape index (κ3) is 3.69. The molecule has 1 unspecified atom stereocenters. The molecule has 6 heteroatoms. The predicted molar refractivity (Wildman–Crippen MR) is 92.9 cm³/mol. The zero-order valence-electron chi connectivity index (χ0n) is 14.2. The van der Waals surface area contributed by atoms with Crippen LogP contribution in [0.4, 0.5) is 0 Å². The summed E-state index contributed by atoms with van der Waals surface area (Å²) < 4.78 is 16.6. The molecule has 0 spiro atoms. The molecule has 2 aromatic carbocycles. The molecule has 1 heterocycles. The van der Waals surface area contributed by atoms with Crippen LogP contribution < -0.4 is 19.5 Å². The fourth-order valence-corrected chi connectivity index (χ4v) is 2.99. The van der Waals surface area contributed by atoms with E-state index in [-0.39, 0.29) is 11.6 Å². The molecule has 0 amide bonds. The van der Waals surface area contributed by atoms with E-state index in [0.717, 1.165) is 24.3 Å². The smallest absolute Gasteiger partial charge is 0.335 e. The lowest BCUT2D eigenvalue weighted by molar-refractivity contribution is 0.0697. The van der Waals surface area contributed by atoms with Crippen molar-refractivity contribution in [3.8, 4) is 17.2 Å². The van der Waals surface area contributed by atoms with Gasteiger partial charge in [0.15, 0.2) is 11.5 Å². The van der Waals surface area contributed by atoms with Gasteiger partial charge in [0.1, 0.15) is 12.4 Å². The van der Waals surface area contributed by atoms with Gasteiger partial charge in [-0.2, -0.15) is 0 Å². The van der Waals surface area contributed by atoms with Crippen LogP contribution >= 0.6 is 0 Å². The van der Waals surface area contributed by atoms with Crippen molar-refractivity contribution in [2.75, 3.05) is 27.4 Å². The molecule has 1 atom stereocenters. The third-order valence-electron chi connectivity index (χ3n) is 4.32. The van der Waals surface area contributed by atoms with Gasteiger partial charge < -0.3 is 24.6 Å². The molecule has 0 aromatic heterocycles. The summed E-state index contributed by atoms with van der Waals surface area (Å²) in [7, 11) is 3.25. The molecule has 0 fully saturated rings. The van der Waals surface area contributed by atoms with E-state index in [1.54, 1.807) is 26.4 Å². The van der Waals surface area contributed by atoms with Crippen molar-refractivity contribution < 1.29 is 24.1 Å². The summed E-state index contributed by atoms with van der Waals surface area (Å²) in [5.74, 6) is 1.11. The first-order chi connectivity index (χ1) is 12.1. The van der Waals surface area contributed by atoms with Crippen molar-refractivity contribution in [2.24, 2.45) is 0 Å². The van der Waals surface area contributed by atoms with Gasteiger partial charge in [0.25, 0.3) is 0 Å². The Labute approximate surface area is 146 Å². The summed E-state index contributed by atoms with van der Waals surface area (Å²) in [6.07, 6.45) is 0.916. The number of benzene rings is 2. The van der Waals surface area contributed by atoms with Gasteiger partial charge >= 0.3 is 5.97 Å². The standard InChI is InChI=1S/C19H21NO5/c1-23-17-9-13-7-8-20-16(15(13)10-18(17)24-2)11-25-14-5-3-12(4-6-14)19(21)22/h3-6,9-10,16,20H,7-8,11H2,1-2H3,(H,21,22). The summed E-state index contributed by atoms with van der Waals surface area (Å²) in [5.41, 5.74) is 2.59. The second-order valence-electron chi connectivity index (χ2n) is 5.80. The van der Waals surface area contributed by atoms with Crippen LogP contribution in [0.25, 0.3) is 0 Å². The minimum Gasteiger partial charge on any atom is -0.493 e. The number of hydrogen-bond acceptors (Lipinski definition) is 5. The molecule has 6 nitrogen and oxygen atoms in total. The summed E-state index contributed by atoms with van der Waals surface area (Å²) in [4.78, 5) is 10.9. The quantitative estimate of drug-likeness (QED) is 0.840. The van der Waals surface area contributed by atoms with Crippen LogP contribution in [-0.2, 0) is 6.42 Å². The zero-order valence-corrected chi connectivity index (χ0v) is 14.2. The number of carboxylic acid groups (broad SMARTS) is 1. The summed E-state index contributed by atoms with van der Waals surface area (Å²) in [6, 6.07) is 10.4. The maximum absolute atomic E-state index is 10.9. The lowest BCUT2D eigenvalue weighted by atomic mass is 9.94. The van der Waals surface area contributed by atoms with Crippen LogP contribution in [0.5, 0.6) is 17.2 Å². The number of fused-ring (bicyclic) bond motifs is 1. The Kier molecular flexibility index (Phi) is 5.09. The van der Waals surface area contributed by atoms with Crippen molar-refractivity contribution >= 4 is 5.97 Å². The fraction of sp³-hybridized carbons (Fsp3) is 0.316. The average Bonchev–Trinajstić information content (AvgIpc) is 2.65. The summed E-state index contributed by atoms with van der Waals surface area (Å²) in [6.45, 7) is 1.30. The van der Waals surface area contributed by atoms with Crippen molar-refractivity contribution in [1.29, 1.82) is 0 Å². The van der Waals surface area contributed by atoms with Crippen LogP contribution in [-0.4, -0.2) is 38.4 Å². The minimum absolute atomic E-state index is 0.0303. The predicted octanol–water partition coefficient (Wildman–Crippen LogP) is 2.67. The Hall–Kier alpha value is -2.73. The van der Waals surface area contributed by atoms with E-state index in [1.165, 1.54) is 17.7 Å². The van der Waals surface area contributed by atoms with Crippen LogP contribution in [0.3, 0.4) is 0 Å². The van der Waals surface area contributed by atoms with Gasteiger partial charge in [0.2, 0.25) is 0 Å². The van der Waals surface area contributed by atoms with E-state index >= 15 is 0 Å². The lowest BCUT2D eigenvalue weighted by Crippen LogP contribution is -2.33. The van der Waals surface area contributed by atoms with Crippen LogP contribution in [0.2, 0.25) is 0 Å². The highest BCUT2D eigenvalue weighted by Crippen LogP contribution is 2.35. The van der Waals surface area contributed by atoms with E-state index in [1.807, 2.05) is 12.1 Å². The summed E-state index contributed by atoms with van der Waals surface area (Å²) in [5, 5.41) is 12.4. The van der Waals surface area contributed by atoms with Gasteiger partial charge in [-0.25, -0.2) is 4.79 Å². The average molecular weight is 343 g/mol. The first-order valence-corrected chi connectivity index (χ1v) is 8.06. The number of carboxylic acids is 1. The van der Waals surface area contributed by atoms with Crippen molar-refractivity contribution in [3.63, 3.8) is 0 Å². The molecule has 2 N–H and O–H groups in total. The summed E-state index contributed by atoms with van der Waals surface area (Å²) >= 11 is 0. The van der Waals surface area contributed by atoms with Gasteiger partial charge in [0, 0.05) is 0 Å². The lowest BCUT2D eigenvalue weighted by Gasteiger charge is -2.28. The topological polar surface area (TPSA) is 77.0 Å². The van der Waals surface area contributed by atoms with E-state index in [2.05, 4.69) is 5.32 Å². The van der Waals surface area contributed by atoms with Gasteiger partial charge in [-0.05, 0) is 60.5 Å². The number of nitrogens with one attached hydrogen (secondary N) is 1. The monoisotopic (exact) mass is 343 g/mol. The van der Waals surface area contributed by atoms with E-state index in [0.29, 0.717) is 18.1 Å². The molecule has 25 heavy (non-hydrogen) atoms. The van der Waals surface area contributed by atoms with Crippen LogP contribution in [0.1, 0.15) is 27.5 Å². The van der Waals surface area contributed by atoms with Gasteiger partial charge in [-0.3, -0.25) is 0 Å². The Bertz CT molecular complexity index is 757. The van der Waals surface area contributed by atoms with Crippen LogP contribution in [0, 0.1) is 0 Å². The second-order valence-corrected chi connectivity index (χ2v) is 5.80. The van der Waals surface area contributed by atoms with Crippen LogP contribution in [0.15, 0.2) is 36.4 Å². The molecule has 0 aliphatic carbocycles. The number of methoxy groups -OCH3 is 2. The first kappa shape index (κ1) is 17.1. The number of ether oxygens (including phenoxy) is 3. The Balaban J connectivity index is 1.75. The molecule has 0 saturated carbocycles. The Morgan fingerprint density at radius 2 is 1.84 bits per heavy atom. The maximum Gasteiger partial charge on any atom is 0.335 e. The molecule has 1 aliphatic heterocycles. The highest BCUT2D eigenvalue weighted by molar-refractivity contribution is 5.87. The van der Waals surface area contributed by atoms with E-state index in [9.17, 15) is 4.79 Å². The largest absolute Gasteiger partial charge is 0.493 e. The van der Waals surface area contributed by atoms with Gasteiger partial charge in [-0.15, -0.1) is 0 Å². The number of carbonyl (C=O) groups is 1. The molecule has 132 valence electrons. The van der Waals surface area contributed by atoms with Gasteiger partial charge in [-0.1, -0.05) is 0 Å². The minimum atomic E-state index is -0.949. The van der Waals surface area contributed by atoms with Gasteiger partial charge in [0.05, 0.1) is 25.8 Å². The first-order valence-electron chi connectivity index (χ1n) is 8.06. The molecular weight excluding hydrogens is 322 g/mol. The normalized spacial score (nSPS) is 16.0. The molecule has 2 aromatic rings. The molecule has 1 aliphatic rings. The molecular formula is C19H21NO5. The van der Waals surface area contributed by atoms with Crippen molar-refractivity contribution in [2.45, 2.75) is 12.5 Å². The maximum atomic E-state index is 10.9. The second kappa shape index (κ2) is 7.44. The SMILES string of the molecule is COc1cc2c(cc1OC)C(COc1ccc(C(=O)O)cc1)NCC2. The third-order valence-corrected chi connectivity index (χ3v) is 4.32. The van der Waals surface area contributed by atoms with E-state index in [4.69, 9.17) is 19.3 Å². The molecule has 0 radical (unpaired) electrons. The fourth-order valence-electron chi connectivity index (χ4n) is 2.99. The molecule has 3 rings (SSSR count). The highest BCUT2D eigenvalue weighted by atomic mass is 16.5. The van der Waals surface area contributed by atoms with Crippen molar-refractivity contribution in [1.82, 2.24) is 5.32 Å². The number of rotatable bonds is 6. The highest BCUT2D eigenvalue weighted by Gasteiger charge is 2.23.